The molecule has 0 bridgehead atoms. The molecule has 1 amide bonds. The lowest BCUT2D eigenvalue weighted by molar-refractivity contribution is -0.122. The summed E-state index contributed by atoms with van der Waals surface area (Å²) in [5.41, 5.74) is 0.893. The summed E-state index contributed by atoms with van der Waals surface area (Å²) in [6.07, 6.45) is -4.36. The van der Waals surface area contributed by atoms with Gasteiger partial charge in [-0.25, -0.2) is 4.68 Å². The van der Waals surface area contributed by atoms with Crippen LogP contribution in [0.5, 0.6) is 0 Å². The van der Waals surface area contributed by atoms with E-state index in [9.17, 15) is 18.0 Å². The van der Waals surface area contributed by atoms with E-state index in [1.54, 1.807) is 13.8 Å². The lowest BCUT2D eigenvalue weighted by atomic mass is 10.2. The van der Waals surface area contributed by atoms with E-state index in [1.165, 1.54) is 4.68 Å². The van der Waals surface area contributed by atoms with Gasteiger partial charge in [-0.2, -0.15) is 18.3 Å². The number of carbonyl (C=O) groups excluding carboxylic acids is 1. The molecule has 0 radical (unpaired) electrons. The number of carbonyl (C=O) groups is 1. The summed E-state index contributed by atoms with van der Waals surface area (Å²) in [6, 6.07) is 0. The van der Waals surface area contributed by atoms with E-state index in [4.69, 9.17) is 0 Å². The molecule has 1 aliphatic rings. The fourth-order valence-electron chi connectivity index (χ4n) is 2.03. The number of alkyl halides is 3. The van der Waals surface area contributed by atoms with E-state index in [1.807, 2.05) is 0 Å². The Hall–Kier alpha value is -1.73. The second-order valence-corrected chi connectivity index (χ2v) is 4.12. The van der Waals surface area contributed by atoms with Crippen molar-refractivity contribution in [2.24, 2.45) is 0 Å². The smallest absolute Gasteiger partial charge is 0.337 e. The summed E-state index contributed by atoms with van der Waals surface area (Å²) in [5, 5.41) is 6.69. The van der Waals surface area contributed by atoms with Crippen molar-refractivity contribution in [2.45, 2.75) is 26.6 Å². The number of halogens is 3. The first-order valence-corrected chi connectivity index (χ1v) is 5.50. The zero-order chi connectivity index (χ0) is 13.5. The number of fused-ring (bicyclic) bond motifs is 1. The van der Waals surface area contributed by atoms with Gasteiger partial charge in [-0.1, -0.05) is 0 Å². The first-order chi connectivity index (χ1) is 8.31. The van der Waals surface area contributed by atoms with Gasteiger partial charge < -0.3 is 10.2 Å². The Kier molecular flexibility index (Phi) is 2.95. The first-order valence-electron chi connectivity index (χ1n) is 5.50. The van der Waals surface area contributed by atoms with Crippen molar-refractivity contribution in [3.63, 3.8) is 0 Å². The van der Waals surface area contributed by atoms with Crippen molar-refractivity contribution in [3.8, 4) is 0 Å². The summed E-state index contributed by atoms with van der Waals surface area (Å²) in [7, 11) is 0. The van der Waals surface area contributed by atoms with Gasteiger partial charge in [-0.15, -0.1) is 0 Å². The molecule has 0 aliphatic carbocycles. The van der Waals surface area contributed by atoms with Crippen LogP contribution in [-0.2, 0) is 11.3 Å². The van der Waals surface area contributed by atoms with Gasteiger partial charge in [0.15, 0.2) is 5.82 Å². The zero-order valence-corrected chi connectivity index (χ0v) is 10.0. The molecule has 0 saturated carbocycles. The number of nitrogens with one attached hydrogen (secondary N) is 1. The molecule has 0 unspecified atom stereocenters. The number of hydrogen-bond acceptors (Lipinski definition) is 3. The largest absolute Gasteiger partial charge is 0.405 e. The van der Waals surface area contributed by atoms with Crippen molar-refractivity contribution in [3.05, 3.63) is 5.69 Å². The molecule has 0 fully saturated rings. The highest BCUT2D eigenvalue weighted by Gasteiger charge is 2.37. The maximum atomic E-state index is 12.5. The van der Waals surface area contributed by atoms with E-state index < -0.39 is 18.6 Å². The van der Waals surface area contributed by atoms with Crippen molar-refractivity contribution < 1.29 is 18.0 Å². The predicted molar refractivity (Wildman–Crippen MR) is 59.5 cm³/mol. The molecule has 0 saturated heterocycles. The molecule has 1 N–H and O–H groups in total. The number of rotatable bonds is 2. The van der Waals surface area contributed by atoms with Gasteiger partial charge in [0.1, 0.15) is 12.2 Å². The highest BCUT2D eigenvalue weighted by atomic mass is 19.4. The summed E-state index contributed by atoms with van der Waals surface area (Å²) >= 11 is 0. The van der Waals surface area contributed by atoms with Crippen LogP contribution in [0.3, 0.4) is 0 Å². The second kappa shape index (κ2) is 4.18. The maximum Gasteiger partial charge on any atom is 0.405 e. The Morgan fingerprint density at radius 3 is 2.67 bits per heavy atom. The number of hydrogen-bond donors (Lipinski definition) is 1. The Balaban J connectivity index is 2.43. The van der Waals surface area contributed by atoms with Crippen LogP contribution in [0, 0.1) is 6.92 Å². The van der Waals surface area contributed by atoms with Crippen LogP contribution in [0.4, 0.5) is 24.7 Å². The van der Waals surface area contributed by atoms with Crippen LogP contribution in [0.15, 0.2) is 0 Å². The molecule has 1 aromatic heterocycles. The van der Waals surface area contributed by atoms with Gasteiger partial charge in [0, 0.05) is 6.54 Å². The van der Waals surface area contributed by atoms with E-state index in [-0.39, 0.29) is 6.54 Å². The van der Waals surface area contributed by atoms with E-state index in [0.717, 1.165) is 4.90 Å². The fourth-order valence-corrected chi connectivity index (χ4v) is 2.03. The highest BCUT2D eigenvalue weighted by molar-refractivity contribution is 6.01. The molecular formula is C10H13F3N4O. The third kappa shape index (κ3) is 2.27. The fraction of sp³-hybridized carbons (Fsp3) is 0.600. The van der Waals surface area contributed by atoms with Crippen molar-refractivity contribution in [1.82, 2.24) is 9.78 Å². The maximum absolute atomic E-state index is 12.5. The van der Waals surface area contributed by atoms with Crippen molar-refractivity contribution in [2.75, 3.05) is 23.3 Å². The first kappa shape index (κ1) is 12.7. The molecule has 1 aliphatic heterocycles. The molecule has 2 heterocycles. The molecule has 0 aromatic carbocycles. The second-order valence-electron chi connectivity index (χ2n) is 4.12. The predicted octanol–water partition coefficient (Wildman–Crippen LogP) is 1.53. The minimum Gasteiger partial charge on any atom is -0.337 e. The van der Waals surface area contributed by atoms with Crippen LogP contribution >= 0.6 is 0 Å². The number of aromatic nitrogens is 2. The van der Waals surface area contributed by atoms with Gasteiger partial charge in [0.05, 0.1) is 12.2 Å². The summed E-state index contributed by atoms with van der Waals surface area (Å²) in [5.74, 6) is -0.127. The zero-order valence-electron chi connectivity index (χ0n) is 10.0. The van der Waals surface area contributed by atoms with Gasteiger partial charge in [-0.3, -0.25) is 4.79 Å². The Morgan fingerprint density at radius 1 is 1.44 bits per heavy atom. The van der Waals surface area contributed by atoms with Crippen LogP contribution in [0.25, 0.3) is 0 Å². The van der Waals surface area contributed by atoms with E-state index in [2.05, 4.69) is 10.4 Å². The Labute approximate surface area is 102 Å². The minimum absolute atomic E-state index is 0.308. The highest BCUT2D eigenvalue weighted by Crippen LogP contribution is 2.34. The van der Waals surface area contributed by atoms with Gasteiger partial charge in [0.25, 0.3) is 0 Å². The summed E-state index contributed by atoms with van der Waals surface area (Å²) in [4.78, 5) is 12.4. The third-order valence-electron chi connectivity index (χ3n) is 2.67. The van der Waals surface area contributed by atoms with Crippen LogP contribution in [0.2, 0.25) is 0 Å². The monoisotopic (exact) mass is 262 g/mol. The normalized spacial score (nSPS) is 15.6. The quantitative estimate of drug-likeness (QED) is 0.879. The topological polar surface area (TPSA) is 50.2 Å². The number of nitrogens with zero attached hydrogens (tertiary/aromatic N) is 3. The number of anilines is 2. The van der Waals surface area contributed by atoms with Gasteiger partial charge >= 0.3 is 6.18 Å². The molecule has 2 rings (SSSR count). The molecule has 8 heteroatoms. The van der Waals surface area contributed by atoms with Gasteiger partial charge in [0.2, 0.25) is 5.91 Å². The summed E-state index contributed by atoms with van der Waals surface area (Å²) in [6.45, 7) is 2.42. The van der Waals surface area contributed by atoms with Crippen LogP contribution < -0.4 is 10.2 Å². The van der Waals surface area contributed by atoms with Crippen LogP contribution in [-0.4, -0.2) is 35.0 Å². The molecular weight excluding hydrogens is 249 g/mol. The molecule has 0 spiro atoms. The molecule has 5 nitrogen and oxygen atoms in total. The number of aryl methyl sites for hydroxylation is 2. The summed E-state index contributed by atoms with van der Waals surface area (Å²) < 4.78 is 39.0. The molecule has 1 aromatic rings. The number of amides is 1. The molecule has 100 valence electrons. The average molecular weight is 262 g/mol. The van der Waals surface area contributed by atoms with E-state index in [0.29, 0.717) is 23.7 Å². The van der Waals surface area contributed by atoms with E-state index >= 15 is 0 Å². The SMILES string of the molecule is CCn1nc(C)c2c1N(CC(F)(F)F)CC(=O)N2. The Bertz CT molecular complexity index is 480. The molecule has 0 atom stereocenters. The van der Waals surface area contributed by atoms with Crippen molar-refractivity contribution in [1.29, 1.82) is 0 Å². The van der Waals surface area contributed by atoms with Crippen LogP contribution in [0.1, 0.15) is 12.6 Å². The lowest BCUT2D eigenvalue weighted by Gasteiger charge is -2.30. The Morgan fingerprint density at radius 2 is 2.11 bits per heavy atom. The average Bonchev–Trinajstić information content (AvgIpc) is 2.53. The third-order valence-corrected chi connectivity index (χ3v) is 2.67. The van der Waals surface area contributed by atoms with Gasteiger partial charge in [-0.05, 0) is 13.8 Å². The van der Waals surface area contributed by atoms with Crippen molar-refractivity contribution >= 4 is 17.4 Å². The molecule has 18 heavy (non-hydrogen) atoms. The minimum atomic E-state index is -4.36. The standard InChI is InChI=1S/C10H13F3N4O/c1-3-17-9-8(6(2)15-17)14-7(18)4-16(9)5-10(11,12)13/h3-5H2,1-2H3,(H,14,18). The lowest BCUT2D eigenvalue weighted by Crippen LogP contribution is -2.44.